The summed E-state index contributed by atoms with van der Waals surface area (Å²) in [6, 6.07) is 9.99. The Morgan fingerprint density at radius 3 is 2.60 bits per heavy atom. The first-order chi connectivity index (χ1) is 12.1. The molecule has 1 aliphatic heterocycles. The molecular formula is C16H18N6O3. The van der Waals surface area contributed by atoms with E-state index in [1.807, 2.05) is 17.0 Å². The second kappa shape index (κ2) is 7.04. The van der Waals surface area contributed by atoms with E-state index in [9.17, 15) is 15.2 Å². The van der Waals surface area contributed by atoms with Gasteiger partial charge in [0, 0.05) is 38.4 Å². The van der Waals surface area contributed by atoms with Crippen molar-refractivity contribution in [2.24, 2.45) is 10.7 Å². The summed E-state index contributed by atoms with van der Waals surface area (Å²) in [5, 5.41) is 21.0. The Hall–Kier alpha value is -3.36. The number of aromatic nitrogens is 1. The number of benzene rings is 1. The summed E-state index contributed by atoms with van der Waals surface area (Å²) in [6.45, 7) is 2.48. The minimum Gasteiger partial charge on any atom is -0.506 e. The summed E-state index contributed by atoms with van der Waals surface area (Å²) >= 11 is 0. The first kappa shape index (κ1) is 16.5. The molecular weight excluding hydrogens is 324 g/mol. The minimum absolute atomic E-state index is 0.00636. The number of nitrogens with zero attached hydrogens (tertiary/aromatic N) is 5. The number of rotatable bonds is 3. The highest BCUT2D eigenvalue weighted by atomic mass is 16.6. The summed E-state index contributed by atoms with van der Waals surface area (Å²) in [4.78, 5) is 22.4. The van der Waals surface area contributed by atoms with Gasteiger partial charge in [-0.15, -0.1) is 0 Å². The number of phenols is 1. The van der Waals surface area contributed by atoms with E-state index in [2.05, 4.69) is 14.9 Å². The van der Waals surface area contributed by atoms with Crippen molar-refractivity contribution < 1.29 is 10.0 Å². The molecule has 3 rings (SSSR count). The lowest BCUT2D eigenvalue weighted by Crippen LogP contribution is -2.51. The Morgan fingerprint density at radius 2 is 1.92 bits per heavy atom. The fourth-order valence-corrected chi connectivity index (χ4v) is 2.70. The number of hydrogen-bond donors (Lipinski definition) is 2. The monoisotopic (exact) mass is 342 g/mol. The van der Waals surface area contributed by atoms with Gasteiger partial charge in [-0.05, 0) is 18.2 Å². The lowest BCUT2D eigenvalue weighted by Gasteiger charge is -2.36. The normalized spacial score (nSPS) is 15.3. The number of para-hydroxylation sites is 2. The van der Waals surface area contributed by atoms with Crippen LogP contribution in [0.1, 0.15) is 0 Å². The van der Waals surface area contributed by atoms with E-state index in [-0.39, 0.29) is 23.2 Å². The lowest BCUT2D eigenvalue weighted by atomic mass is 10.2. The van der Waals surface area contributed by atoms with Gasteiger partial charge in [0.05, 0.1) is 10.6 Å². The zero-order valence-electron chi connectivity index (χ0n) is 13.4. The fraction of sp³-hybridized carbons (Fsp3) is 0.250. The van der Waals surface area contributed by atoms with Crippen LogP contribution in [0.2, 0.25) is 0 Å². The lowest BCUT2D eigenvalue weighted by molar-refractivity contribution is -0.384. The average Bonchev–Trinajstić information content (AvgIpc) is 2.62. The van der Waals surface area contributed by atoms with Crippen molar-refractivity contribution in [1.82, 2.24) is 9.88 Å². The Labute approximate surface area is 144 Å². The largest absolute Gasteiger partial charge is 0.506 e. The van der Waals surface area contributed by atoms with E-state index in [4.69, 9.17) is 5.73 Å². The molecule has 0 atom stereocenters. The van der Waals surface area contributed by atoms with Gasteiger partial charge >= 0.3 is 5.69 Å². The average molecular weight is 342 g/mol. The van der Waals surface area contributed by atoms with Gasteiger partial charge in [-0.1, -0.05) is 12.1 Å². The molecule has 0 radical (unpaired) electrons. The smallest absolute Gasteiger partial charge is 0.313 e. The van der Waals surface area contributed by atoms with Gasteiger partial charge in [0.15, 0.2) is 5.96 Å². The molecule has 0 saturated carbocycles. The fourth-order valence-electron chi connectivity index (χ4n) is 2.70. The van der Waals surface area contributed by atoms with Crippen molar-refractivity contribution in [2.75, 3.05) is 31.1 Å². The van der Waals surface area contributed by atoms with Crippen LogP contribution in [0.3, 0.4) is 0 Å². The highest BCUT2D eigenvalue weighted by Gasteiger charge is 2.21. The third kappa shape index (κ3) is 3.60. The summed E-state index contributed by atoms with van der Waals surface area (Å²) < 4.78 is 0. The molecule has 1 aromatic carbocycles. The van der Waals surface area contributed by atoms with Crippen molar-refractivity contribution in [2.45, 2.75) is 0 Å². The predicted molar refractivity (Wildman–Crippen MR) is 94.1 cm³/mol. The Balaban J connectivity index is 1.71. The first-order valence-corrected chi connectivity index (χ1v) is 7.77. The molecule has 2 aromatic rings. The quantitative estimate of drug-likeness (QED) is 0.375. The Morgan fingerprint density at radius 1 is 1.20 bits per heavy atom. The third-order valence-corrected chi connectivity index (χ3v) is 4.01. The third-order valence-electron chi connectivity index (χ3n) is 4.01. The van der Waals surface area contributed by atoms with Crippen LogP contribution in [0.25, 0.3) is 0 Å². The highest BCUT2D eigenvalue weighted by Crippen LogP contribution is 2.27. The number of aromatic hydroxyl groups is 1. The first-order valence-electron chi connectivity index (χ1n) is 7.77. The Bertz CT molecular complexity index is 802. The van der Waals surface area contributed by atoms with Crippen molar-refractivity contribution in [1.29, 1.82) is 0 Å². The maximum atomic E-state index is 11.0. The number of aliphatic imine (C=N–C) groups is 1. The molecule has 1 aromatic heterocycles. The van der Waals surface area contributed by atoms with Gasteiger partial charge in [0.25, 0.3) is 0 Å². The minimum atomic E-state index is -0.533. The van der Waals surface area contributed by atoms with Crippen LogP contribution in [0.5, 0.6) is 5.75 Å². The van der Waals surface area contributed by atoms with Crippen LogP contribution in [0.4, 0.5) is 17.2 Å². The Kier molecular flexibility index (Phi) is 4.64. The van der Waals surface area contributed by atoms with Crippen LogP contribution >= 0.6 is 0 Å². The maximum Gasteiger partial charge on any atom is 0.313 e. The van der Waals surface area contributed by atoms with Crippen molar-refractivity contribution in [3.8, 4) is 5.75 Å². The number of guanidine groups is 1. The maximum absolute atomic E-state index is 11.0. The van der Waals surface area contributed by atoms with Gasteiger partial charge in [0.2, 0.25) is 5.82 Å². The van der Waals surface area contributed by atoms with Crippen molar-refractivity contribution >= 4 is 23.2 Å². The molecule has 0 unspecified atom stereocenters. The van der Waals surface area contributed by atoms with E-state index in [0.29, 0.717) is 26.2 Å². The number of pyridine rings is 1. The number of piperazine rings is 1. The summed E-state index contributed by atoms with van der Waals surface area (Å²) in [7, 11) is 0. The van der Waals surface area contributed by atoms with E-state index in [1.165, 1.54) is 18.3 Å². The van der Waals surface area contributed by atoms with Gasteiger partial charge in [-0.25, -0.2) is 4.98 Å². The summed E-state index contributed by atoms with van der Waals surface area (Å²) in [5.41, 5.74) is 6.60. The SMILES string of the molecule is NC(=Nc1ncccc1[N+](=O)[O-])N1CCN(c2ccccc2O)CC1. The van der Waals surface area contributed by atoms with Gasteiger partial charge in [-0.2, -0.15) is 4.99 Å². The molecule has 0 spiro atoms. The van der Waals surface area contributed by atoms with Crippen molar-refractivity contribution in [3.05, 3.63) is 52.7 Å². The molecule has 2 heterocycles. The second-order valence-corrected chi connectivity index (χ2v) is 5.54. The number of nitrogens with two attached hydrogens (primary N) is 1. The van der Waals surface area contributed by atoms with E-state index < -0.39 is 4.92 Å². The van der Waals surface area contributed by atoms with Crippen LogP contribution in [-0.2, 0) is 0 Å². The topological polar surface area (TPSA) is 121 Å². The van der Waals surface area contributed by atoms with Crippen LogP contribution in [0.15, 0.2) is 47.6 Å². The molecule has 3 N–H and O–H groups in total. The summed E-state index contributed by atoms with van der Waals surface area (Å²) in [6.07, 6.45) is 1.44. The van der Waals surface area contributed by atoms with Crippen LogP contribution in [0, 0.1) is 10.1 Å². The number of nitro groups is 1. The predicted octanol–water partition coefficient (Wildman–Crippen LogP) is 1.46. The number of anilines is 1. The second-order valence-electron chi connectivity index (χ2n) is 5.54. The van der Waals surface area contributed by atoms with Crippen LogP contribution in [-0.4, -0.2) is 52.1 Å². The van der Waals surface area contributed by atoms with Crippen molar-refractivity contribution in [3.63, 3.8) is 0 Å². The van der Waals surface area contributed by atoms with E-state index in [1.54, 1.807) is 12.1 Å². The molecule has 1 aliphatic rings. The molecule has 0 aliphatic carbocycles. The molecule has 9 heteroatoms. The van der Waals surface area contributed by atoms with Gasteiger partial charge < -0.3 is 20.6 Å². The molecule has 25 heavy (non-hydrogen) atoms. The molecule has 0 bridgehead atoms. The molecule has 130 valence electrons. The molecule has 1 saturated heterocycles. The zero-order chi connectivity index (χ0) is 17.8. The van der Waals surface area contributed by atoms with E-state index in [0.717, 1.165) is 5.69 Å². The van der Waals surface area contributed by atoms with E-state index >= 15 is 0 Å². The standard InChI is InChI=1S/C16H18N6O3/c17-16(19-15-13(22(24)25)5-3-7-18-15)21-10-8-20(9-11-21)12-4-1-2-6-14(12)23/h1-7,23H,8-11H2,(H2,17,18,19). The zero-order valence-corrected chi connectivity index (χ0v) is 13.4. The van der Waals surface area contributed by atoms with Crippen LogP contribution < -0.4 is 10.6 Å². The van der Waals surface area contributed by atoms with Gasteiger partial charge in [-0.3, -0.25) is 10.1 Å². The molecule has 0 amide bonds. The number of hydrogen-bond acceptors (Lipinski definition) is 6. The number of phenolic OH excluding ortho intramolecular Hbond substituents is 1. The highest BCUT2D eigenvalue weighted by molar-refractivity contribution is 5.82. The van der Waals surface area contributed by atoms with Gasteiger partial charge in [0.1, 0.15) is 5.75 Å². The summed E-state index contributed by atoms with van der Waals surface area (Å²) in [5.74, 6) is 0.425. The molecule has 9 nitrogen and oxygen atoms in total. The molecule has 1 fully saturated rings.